The molecule has 0 radical (unpaired) electrons. The Labute approximate surface area is 189 Å². The maximum absolute atomic E-state index is 13.4. The molecule has 0 aliphatic carbocycles. The van der Waals surface area contributed by atoms with Gasteiger partial charge < -0.3 is 10.0 Å². The van der Waals surface area contributed by atoms with Crippen LogP contribution in [0.5, 0.6) is 0 Å². The predicted molar refractivity (Wildman–Crippen MR) is 120 cm³/mol. The average molecular weight is 451 g/mol. The lowest BCUT2D eigenvalue weighted by Crippen LogP contribution is -2.41. The maximum atomic E-state index is 13.4. The van der Waals surface area contributed by atoms with E-state index in [2.05, 4.69) is 0 Å². The molecule has 8 heteroatoms. The van der Waals surface area contributed by atoms with Crippen LogP contribution in [0.15, 0.2) is 66.7 Å². The first-order valence-corrected chi connectivity index (χ1v) is 10.2. The lowest BCUT2D eigenvalue weighted by molar-refractivity contribution is -0.385. The number of aryl methyl sites for hydroxylation is 1. The molecule has 1 heterocycles. The van der Waals surface area contributed by atoms with Crippen LogP contribution in [0.2, 0.25) is 5.02 Å². The number of anilines is 1. The van der Waals surface area contributed by atoms with Crippen molar-refractivity contribution < 1.29 is 19.6 Å². The maximum Gasteiger partial charge on any atom is 0.280 e. The summed E-state index contributed by atoms with van der Waals surface area (Å²) in [6, 6.07) is 17.7. The van der Waals surface area contributed by atoms with Gasteiger partial charge in [-0.3, -0.25) is 19.7 Å². The fourth-order valence-corrected chi connectivity index (χ4v) is 4.09. The third-order valence-corrected chi connectivity index (χ3v) is 5.81. The van der Waals surface area contributed by atoms with Gasteiger partial charge in [0, 0.05) is 16.7 Å². The van der Waals surface area contributed by atoms with Crippen LogP contribution in [0, 0.1) is 17.0 Å². The molecule has 0 fully saturated rings. The Hall–Kier alpha value is -3.55. The minimum absolute atomic E-state index is 0.167. The van der Waals surface area contributed by atoms with Gasteiger partial charge in [-0.15, -0.1) is 0 Å². The van der Waals surface area contributed by atoms with E-state index in [1.54, 1.807) is 12.1 Å². The van der Waals surface area contributed by atoms with Crippen molar-refractivity contribution in [3.63, 3.8) is 0 Å². The van der Waals surface area contributed by atoms with Gasteiger partial charge in [-0.2, -0.15) is 0 Å². The molecule has 4 rings (SSSR count). The summed E-state index contributed by atoms with van der Waals surface area (Å²) < 4.78 is 0. The van der Waals surface area contributed by atoms with Gasteiger partial charge in [0.15, 0.2) is 11.4 Å². The number of nitro benzene ring substituents is 1. The van der Waals surface area contributed by atoms with E-state index >= 15 is 0 Å². The molecule has 0 aromatic heterocycles. The standard InChI is InChI=1S/C24H19ClN2O5/c1-15-6-8-16(9-7-15)14-26-21-11-10-17(25)12-19(21)24(30,23(26)29)13-22(28)18-4-2-3-5-20(18)27(31)32/h2-12,30H,13-14H2,1H3. The average Bonchev–Trinajstić information content (AvgIpc) is 2.96. The number of nitro groups is 1. The zero-order valence-corrected chi connectivity index (χ0v) is 17.9. The number of halogens is 1. The van der Waals surface area contributed by atoms with E-state index < -0.39 is 28.6 Å². The number of hydrogen-bond donors (Lipinski definition) is 1. The first-order chi connectivity index (χ1) is 15.2. The molecule has 0 saturated heterocycles. The van der Waals surface area contributed by atoms with Crippen molar-refractivity contribution in [1.82, 2.24) is 0 Å². The second-order valence-electron chi connectivity index (χ2n) is 7.77. The largest absolute Gasteiger partial charge is 0.375 e. The SMILES string of the molecule is Cc1ccc(CN2C(=O)C(O)(CC(=O)c3ccccc3[N+](=O)[O-])c3cc(Cl)ccc32)cc1. The number of benzene rings is 3. The topological polar surface area (TPSA) is 101 Å². The summed E-state index contributed by atoms with van der Waals surface area (Å²) in [6.07, 6.45) is -0.644. The molecule has 0 spiro atoms. The van der Waals surface area contributed by atoms with E-state index in [9.17, 15) is 24.8 Å². The van der Waals surface area contributed by atoms with Crippen molar-refractivity contribution in [2.24, 2.45) is 0 Å². The fraction of sp³-hybridized carbons (Fsp3) is 0.167. The molecule has 3 aromatic carbocycles. The van der Waals surface area contributed by atoms with Crippen LogP contribution in [0.3, 0.4) is 0 Å². The number of fused-ring (bicyclic) bond motifs is 1. The highest BCUT2D eigenvalue weighted by Crippen LogP contribution is 2.45. The Bertz CT molecular complexity index is 1240. The van der Waals surface area contributed by atoms with Crippen LogP contribution in [-0.4, -0.2) is 21.7 Å². The lowest BCUT2D eigenvalue weighted by Gasteiger charge is -2.23. The Balaban J connectivity index is 1.73. The van der Waals surface area contributed by atoms with E-state index in [1.165, 1.54) is 35.2 Å². The number of carbonyl (C=O) groups excluding carboxylic acids is 2. The van der Waals surface area contributed by atoms with Crippen LogP contribution in [0.25, 0.3) is 0 Å². The number of Topliss-reactive ketones (excluding diaryl/α,β-unsaturated/α-hetero) is 1. The Morgan fingerprint density at radius 2 is 1.81 bits per heavy atom. The second-order valence-corrected chi connectivity index (χ2v) is 8.21. The molecular weight excluding hydrogens is 432 g/mol. The fourth-order valence-electron chi connectivity index (χ4n) is 3.92. The number of ketones is 1. The molecule has 3 aromatic rings. The summed E-state index contributed by atoms with van der Waals surface area (Å²) in [5, 5.41) is 23.1. The van der Waals surface area contributed by atoms with Crippen molar-refractivity contribution >= 4 is 34.7 Å². The summed E-state index contributed by atoms with van der Waals surface area (Å²) in [5.41, 5.74) is -0.175. The number of para-hydroxylation sites is 1. The number of carbonyl (C=O) groups is 2. The summed E-state index contributed by atoms with van der Waals surface area (Å²) >= 11 is 6.13. The van der Waals surface area contributed by atoms with Gasteiger partial charge in [0.25, 0.3) is 11.6 Å². The monoisotopic (exact) mass is 450 g/mol. The quantitative estimate of drug-likeness (QED) is 0.337. The summed E-state index contributed by atoms with van der Waals surface area (Å²) in [4.78, 5) is 38.5. The first kappa shape index (κ1) is 21.7. The highest BCUT2D eigenvalue weighted by atomic mass is 35.5. The molecule has 1 aliphatic heterocycles. The van der Waals surface area contributed by atoms with Crippen molar-refractivity contribution in [3.8, 4) is 0 Å². The summed E-state index contributed by atoms with van der Waals surface area (Å²) in [6.45, 7) is 2.14. The zero-order chi connectivity index (χ0) is 23.0. The zero-order valence-electron chi connectivity index (χ0n) is 17.1. The van der Waals surface area contributed by atoms with Crippen molar-refractivity contribution in [3.05, 3.63) is 104 Å². The molecule has 1 amide bonds. The van der Waals surface area contributed by atoms with Gasteiger partial charge in [-0.25, -0.2) is 0 Å². The van der Waals surface area contributed by atoms with E-state index in [1.807, 2.05) is 31.2 Å². The molecule has 0 bridgehead atoms. The highest BCUT2D eigenvalue weighted by Gasteiger charge is 2.51. The van der Waals surface area contributed by atoms with Crippen LogP contribution >= 0.6 is 11.6 Å². The third kappa shape index (κ3) is 3.77. The van der Waals surface area contributed by atoms with Gasteiger partial charge in [0.1, 0.15) is 0 Å². The van der Waals surface area contributed by atoms with E-state index in [-0.39, 0.29) is 23.4 Å². The van der Waals surface area contributed by atoms with Gasteiger partial charge >= 0.3 is 0 Å². The van der Waals surface area contributed by atoms with E-state index in [0.29, 0.717) is 10.7 Å². The Kier molecular flexibility index (Phi) is 5.54. The molecule has 0 saturated carbocycles. The molecule has 1 unspecified atom stereocenters. The number of aliphatic hydroxyl groups is 1. The van der Waals surface area contributed by atoms with Crippen LogP contribution in [0.4, 0.5) is 11.4 Å². The van der Waals surface area contributed by atoms with Crippen molar-refractivity contribution in [2.75, 3.05) is 4.90 Å². The Morgan fingerprint density at radius 3 is 2.50 bits per heavy atom. The smallest absolute Gasteiger partial charge is 0.280 e. The third-order valence-electron chi connectivity index (χ3n) is 5.57. The van der Waals surface area contributed by atoms with Gasteiger partial charge in [-0.1, -0.05) is 53.6 Å². The molecule has 1 N–H and O–H groups in total. The van der Waals surface area contributed by atoms with Crippen LogP contribution in [-0.2, 0) is 16.9 Å². The van der Waals surface area contributed by atoms with Crippen LogP contribution < -0.4 is 4.90 Å². The molecule has 32 heavy (non-hydrogen) atoms. The number of hydrogen-bond acceptors (Lipinski definition) is 5. The minimum Gasteiger partial charge on any atom is -0.375 e. The molecule has 1 atom stereocenters. The Morgan fingerprint density at radius 1 is 1.12 bits per heavy atom. The summed E-state index contributed by atoms with van der Waals surface area (Å²) in [7, 11) is 0. The number of rotatable bonds is 6. The first-order valence-electron chi connectivity index (χ1n) is 9.87. The number of amides is 1. The van der Waals surface area contributed by atoms with Crippen LogP contribution in [0.1, 0.15) is 33.5 Å². The lowest BCUT2D eigenvalue weighted by atomic mass is 9.87. The van der Waals surface area contributed by atoms with Gasteiger partial charge in [-0.05, 0) is 36.8 Å². The van der Waals surface area contributed by atoms with E-state index in [4.69, 9.17) is 11.6 Å². The summed E-state index contributed by atoms with van der Waals surface area (Å²) in [5.74, 6) is -1.39. The molecular formula is C24H19ClN2O5. The normalized spacial score (nSPS) is 17.3. The molecule has 162 valence electrons. The highest BCUT2D eigenvalue weighted by molar-refractivity contribution is 6.31. The van der Waals surface area contributed by atoms with Gasteiger partial charge in [0.05, 0.1) is 29.1 Å². The molecule has 7 nitrogen and oxygen atoms in total. The van der Waals surface area contributed by atoms with Crippen molar-refractivity contribution in [2.45, 2.75) is 25.5 Å². The molecule has 1 aliphatic rings. The van der Waals surface area contributed by atoms with Crippen molar-refractivity contribution in [1.29, 1.82) is 0 Å². The minimum atomic E-state index is -2.19. The van der Waals surface area contributed by atoms with Gasteiger partial charge in [0.2, 0.25) is 0 Å². The van der Waals surface area contributed by atoms with E-state index in [0.717, 1.165) is 11.1 Å². The number of nitrogens with zero attached hydrogens (tertiary/aromatic N) is 2. The predicted octanol–water partition coefficient (Wildman–Crippen LogP) is 4.56. The second kappa shape index (κ2) is 8.18.